The third-order valence-corrected chi connectivity index (χ3v) is 3.42. The third kappa shape index (κ3) is 3.15. The zero-order valence-electron chi connectivity index (χ0n) is 7.67. The molecule has 72 valence electrons. The number of anilines is 1. The van der Waals surface area contributed by atoms with Crippen molar-refractivity contribution < 1.29 is 0 Å². The van der Waals surface area contributed by atoms with Gasteiger partial charge in [0.1, 0.15) is 5.03 Å². The molecule has 5 heteroatoms. The molecule has 1 aromatic heterocycles. The Bertz CT molecular complexity index is 280. The number of hydrogen-bond donors (Lipinski definition) is 1. The first kappa shape index (κ1) is 10.8. The van der Waals surface area contributed by atoms with Crippen LogP contribution in [0, 0.1) is 0 Å². The van der Waals surface area contributed by atoms with E-state index in [1.54, 1.807) is 18.0 Å². The van der Waals surface area contributed by atoms with Gasteiger partial charge in [-0.1, -0.05) is 6.92 Å². The van der Waals surface area contributed by atoms with Crippen molar-refractivity contribution in [1.82, 2.24) is 9.97 Å². The van der Waals surface area contributed by atoms with Gasteiger partial charge in [0.25, 0.3) is 0 Å². The highest BCUT2D eigenvalue weighted by Crippen LogP contribution is 2.25. The fraction of sp³-hybridized carbons (Fsp3) is 0.500. The van der Waals surface area contributed by atoms with Crippen LogP contribution < -0.4 is 5.32 Å². The summed E-state index contributed by atoms with van der Waals surface area (Å²) in [5, 5.41) is 3.92. The lowest BCUT2D eigenvalue weighted by atomic mass is 10.6. The molecule has 0 saturated heterocycles. The minimum absolute atomic E-state index is 0.668. The van der Waals surface area contributed by atoms with Gasteiger partial charge in [-0.3, -0.25) is 0 Å². The van der Waals surface area contributed by atoms with Crippen molar-refractivity contribution in [3.05, 3.63) is 10.7 Å². The van der Waals surface area contributed by atoms with E-state index in [4.69, 9.17) is 0 Å². The molecule has 0 aliphatic heterocycles. The molecule has 1 heterocycles. The molecule has 13 heavy (non-hydrogen) atoms. The fourth-order valence-electron chi connectivity index (χ4n) is 0.772. The predicted octanol–water partition coefficient (Wildman–Crippen LogP) is 2.78. The minimum Gasteiger partial charge on any atom is -0.357 e. The van der Waals surface area contributed by atoms with E-state index in [1.807, 2.05) is 7.05 Å². The Morgan fingerprint density at radius 2 is 2.38 bits per heavy atom. The second-order valence-corrected chi connectivity index (χ2v) is 4.38. The molecule has 0 fully saturated rings. The minimum atomic E-state index is 0.668. The second-order valence-electron chi connectivity index (χ2n) is 2.45. The van der Waals surface area contributed by atoms with Crippen molar-refractivity contribution in [2.45, 2.75) is 18.4 Å². The normalized spacial score (nSPS) is 10.1. The topological polar surface area (TPSA) is 37.8 Å². The molecule has 3 nitrogen and oxygen atoms in total. The maximum atomic E-state index is 4.32. The number of aromatic nitrogens is 2. The summed E-state index contributed by atoms with van der Waals surface area (Å²) in [6.07, 6.45) is 2.92. The Morgan fingerprint density at radius 3 is 3.00 bits per heavy atom. The van der Waals surface area contributed by atoms with Gasteiger partial charge >= 0.3 is 0 Å². The molecule has 0 unspecified atom stereocenters. The average molecular weight is 262 g/mol. The van der Waals surface area contributed by atoms with E-state index in [1.165, 1.54) is 0 Å². The lowest BCUT2D eigenvalue weighted by Crippen LogP contribution is -1.97. The maximum absolute atomic E-state index is 4.32. The first-order chi connectivity index (χ1) is 6.27. The van der Waals surface area contributed by atoms with E-state index < -0.39 is 0 Å². The van der Waals surface area contributed by atoms with Crippen molar-refractivity contribution in [2.24, 2.45) is 0 Å². The molecule has 0 aliphatic carbocycles. The lowest BCUT2D eigenvalue weighted by Gasteiger charge is -2.03. The Balaban J connectivity index is 2.78. The van der Waals surface area contributed by atoms with Crippen LogP contribution in [0.5, 0.6) is 0 Å². The van der Waals surface area contributed by atoms with Crippen LogP contribution in [0.4, 0.5) is 5.95 Å². The van der Waals surface area contributed by atoms with Gasteiger partial charge in [-0.25, -0.2) is 9.97 Å². The molecule has 0 bridgehead atoms. The summed E-state index contributed by atoms with van der Waals surface area (Å²) in [5.41, 5.74) is 0. The van der Waals surface area contributed by atoms with Crippen LogP contribution in [0.15, 0.2) is 15.7 Å². The lowest BCUT2D eigenvalue weighted by molar-refractivity contribution is 1.02. The van der Waals surface area contributed by atoms with E-state index >= 15 is 0 Å². The monoisotopic (exact) mass is 261 g/mol. The number of rotatable bonds is 4. The predicted molar refractivity (Wildman–Crippen MR) is 60.3 cm³/mol. The molecule has 0 aromatic carbocycles. The van der Waals surface area contributed by atoms with Crippen LogP contribution in [0.25, 0.3) is 0 Å². The van der Waals surface area contributed by atoms with Crippen LogP contribution >= 0.6 is 27.7 Å². The van der Waals surface area contributed by atoms with Crippen molar-refractivity contribution in [1.29, 1.82) is 0 Å². The standard InChI is InChI=1S/C8H12BrN3S/c1-3-4-13-7-6(9)5-11-8(10-2)12-7/h5H,3-4H2,1-2H3,(H,10,11,12). The molecule has 1 rings (SSSR count). The highest BCUT2D eigenvalue weighted by atomic mass is 79.9. The largest absolute Gasteiger partial charge is 0.357 e. The van der Waals surface area contributed by atoms with E-state index in [2.05, 4.69) is 38.1 Å². The summed E-state index contributed by atoms with van der Waals surface area (Å²) >= 11 is 5.15. The second kappa shape index (κ2) is 5.44. The molecule has 0 amide bonds. The molecule has 1 N–H and O–H groups in total. The van der Waals surface area contributed by atoms with Crippen molar-refractivity contribution in [3.63, 3.8) is 0 Å². The Labute approximate surface area is 90.9 Å². The molecule has 0 spiro atoms. The highest BCUT2D eigenvalue weighted by Gasteiger charge is 2.03. The average Bonchev–Trinajstić information content (AvgIpc) is 2.17. The van der Waals surface area contributed by atoms with Crippen LogP contribution in [0.1, 0.15) is 13.3 Å². The number of halogens is 1. The first-order valence-corrected chi connectivity index (χ1v) is 5.89. The summed E-state index contributed by atoms with van der Waals surface area (Å²) in [7, 11) is 1.82. The smallest absolute Gasteiger partial charge is 0.223 e. The van der Waals surface area contributed by atoms with Gasteiger partial charge in [0.15, 0.2) is 0 Å². The summed E-state index contributed by atoms with van der Waals surface area (Å²) in [5.74, 6) is 1.75. The van der Waals surface area contributed by atoms with Crippen LogP contribution in [-0.4, -0.2) is 22.8 Å². The van der Waals surface area contributed by atoms with Gasteiger partial charge in [0.2, 0.25) is 5.95 Å². The fourth-order valence-corrected chi connectivity index (χ4v) is 2.05. The van der Waals surface area contributed by atoms with Gasteiger partial charge in [0.05, 0.1) is 4.47 Å². The van der Waals surface area contributed by atoms with Crippen LogP contribution in [0.3, 0.4) is 0 Å². The van der Waals surface area contributed by atoms with Crippen LogP contribution in [0.2, 0.25) is 0 Å². The van der Waals surface area contributed by atoms with E-state index in [0.29, 0.717) is 5.95 Å². The summed E-state index contributed by atoms with van der Waals surface area (Å²) in [6, 6.07) is 0. The molecule has 0 atom stereocenters. The highest BCUT2D eigenvalue weighted by molar-refractivity contribution is 9.10. The SMILES string of the molecule is CCCSc1nc(NC)ncc1Br. The zero-order chi connectivity index (χ0) is 9.68. The molecular formula is C8H12BrN3S. The molecule has 1 aromatic rings. The number of hydrogen-bond acceptors (Lipinski definition) is 4. The maximum Gasteiger partial charge on any atom is 0.223 e. The molecule has 0 saturated carbocycles. The summed E-state index contributed by atoms with van der Waals surface area (Å²) in [6.45, 7) is 2.15. The summed E-state index contributed by atoms with van der Waals surface area (Å²) < 4.78 is 0.963. The number of nitrogens with one attached hydrogen (secondary N) is 1. The summed E-state index contributed by atoms with van der Waals surface area (Å²) in [4.78, 5) is 8.41. The van der Waals surface area contributed by atoms with Crippen LogP contribution in [-0.2, 0) is 0 Å². The third-order valence-electron chi connectivity index (χ3n) is 1.38. The number of nitrogens with zero attached hydrogens (tertiary/aromatic N) is 2. The molecular weight excluding hydrogens is 250 g/mol. The van der Waals surface area contributed by atoms with Gasteiger partial charge < -0.3 is 5.32 Å². The quantitative estimate of drug-likeness (QED) is 0.668. The van der Waals surface area contributed by atoms with Crippen molar-refractivity contribution >= 4 is 33.6 Å². The Hall–Kier alpha value is -0.290. The van der Waals surface area contributed by atoms with Gasteiger partial charge in [-0.2, -0.15) is 0 Å². The van der Waals surface area contributed by atoms with Crippen molar-refractivity contribution in [2.75, 3.05) is 18.1 Å². The Kier molecular flexibility index (Phi) is 4.52. The first-order valence-electron chi connectivity index (χ1n) is 4.11. The zero-order valence-corrected chi connectivity index (χ0v) is 10.1. The van der Waals surface area contributed by atoms with Gasteiger partial charge in [-0.05, 0) is 28.1 Å². The number of thioether (sulfide) groups is 1. The Morgan fingerprint density at radius 1 is 1.62 bits per heavy atom. The van der Waals surface area contributed by atoms with Gasteiger partial charge in [-0.15, -0.1) is 11.8 Å². The van der Waals surface area contributed by atoms with Gasteiger partial charge in [0, 0.05) is 13.2 Å². The van der Waals surface area contributed by atoms with E-state index in [-0.39, 0.29) is 0 Å². The van der Waals surface area contributed by atoms with E-state index in [0.717, 1.165) is 21.7 Å². The molecule has 0 radical (unpaired) electrons. The van der Waals surface area contributed by atoms with E-state index in [9.17, 15) is 0 Å². The van der Waals surface area contributed by atoms with Crippen molar-refractivity contribution in [3.8, 4) is 0 Å². The molecule has 0 aliphatic rings.